The van der Waals surface area contributed by atoms with E-state index in [0.29, 0.717) is 22.8 Å². The van der Waals surface area contributed by atoms with E-state index in [1.165, 1.54) is 58.0 Å². The third kappa shape index (κ3) is 4.40. The lowest BCUT2D eigenvalue weighted by atomic mass is 9.68. The lowest BCUT2D eigenvalue weighted by Gasteiger charge is -2.38. The fourth-order valence-corrected chi connectivity index (χ4v) is 5.18. The Morgan fingerprint density at radius 1 is 1.22 bits per heavy atom. The maximum atomic E-state index is 12.5. The molecule has 0 bridgehead atoms. The van der Waals surface area contributed by atoms with E-state index < -0.39 is 0 Å². The van der Waals surface area contributed by atoms with Gasteiger partial charge in [0.15, 0.2) is 0 Å². The molecule has 3 fully saturated rings. The molecule has 5 nitrogen and oxygen atoms in total. The highest BCUT2D eigenvalue weighted by Gasteiger charge is 2.47. The van der Waals surface area contributed by atoms with Crippen molar-refractivity contribution in [1.82, 2.24) is 10.2 Å². The predicted octanol–water partition coefficient (Wildman–Crippen LogP) is 4.11. The van der Waals surface area contributed by atoms with E-state index in [0.717, 1.165) is 19.0 Å². The molecule has 2 amide bonds. The molecule has 1 unspecified atom stereocenters. The second-order valence-corrected chi connectivity index (χ2v) is 8.79. The zero-order chi connectivity index (χ0) is 18.7. The Morgan fingerprint density at radius 2 is 2.00 bits per heavy atom. The number of para-hydroxylation sites is 2. The molecule has 5 heteroatoms. The van der Waals surface area contributed by atoms with Crippen molar-refractivity contribution < 1.29 is 9.53 Å². The minimum Gasteiger partial charge on any atom is -0.495 e. The number of ether oxygens (including phenoxy) is 1. The third-order valence-electron chi connectivity index (χ3n) is 6.81. The highest BCUT2D eigenvalue weighted by molar-refractivity contribution is 5.90. The number of carbonyl (C=O) groups excluding carboxylic acids is 1. The first kappa shape index (κ1) is 18.6. The molecule has 1 aromatic carbocycles. The lowest BCUT2D eigenvalue weighted by molar-refractivity contribution is 0.138. The van der Waals surface area contributed by atoms with Gasteiger partial charge in [-0.1, -0.05) is 31.4 Å². The standard InChI is InChI=1S/C22H33N3O2/c1-27-20-8-4-3-7-19(20)24-21(26)23-13-18-15-25(14-17-9-10-17)16-22(18)11-5-2-6-12-22/h3-4,7-8,17-18H,2,5-6,9-16H2,1H3,(H2,23,24,26). The van der Waals surface area contributed by atoms with Gasteiger partial charge in [-0.3, -0.25) is 0 Å². The first-order valence-corrected chi connectivity index (χ1v) is 10.6. The fourth-order valence-electron chi connectivity index (χ4n) is 5.18. The molecule has 2 N–H and O–H groups in total. The Labute approximate surface area is 162 Å². The van der Waals surface area contributed by atoms with Crippen LogP contribution in [0.5, 0.6) is 5.75 Å². The number of methoxy groups -OCH3 is 1. The Hall–Kier alpha value is -1.75. The summed E-state index contributed by atoms with van der Waals surface area (Å²) in [5.41, 5.74) is 1.14. The molecule has 2 saturated carbocycles. The monoisotopic (exact) mass is 371 g/mol. The van der Waals surface area contributed by atoms with Crippen LogP contribution in [0.1, 0.15) is 44.9 Å². The zero-order valence-electron chi connectivity index (χ0n) is 16.5. The van der Waals surface area contributed by atoms with Crippen LogP contribution < -0.4 is 15.4 Å². The molecule has 1 aliphatic heterocycles. The summed E-state index contributed by atoms with van der Waals surface area (Å²) < 4.78 is 5.32. The number of benzene rings is 1. The van der Waals surface area contributed by atoms with Crippen molar-refractivity contribution in [3.63, 3.8) is 0 Å². The number of hydrogen-bond donors (Lipinski definition) is 2. The Morgan fingerprint density at radius 3 is 2.74 bits per heavy atom. The van der Waals surface area contributed by atoms with Crippen LogP contribution in [0.3, 0.4) is 0 Å². The van der Waals surface area contributed by atoms with Crippen molar-refractivity contribution in [3.05, 3.63) is 24.3 Å². The van der Waals surface area contributed by atoms with Crippen molar-refractivity contribution in [2.24, 2.45) is 17.3 Å². The van der Waals surface area contributed by atoms with E-state index >= 15 is 0 Å². The zero-order valence-corrected chi connectivity index (χ0v) is 16.5. The van der Waals surface area contributed by atoms with Crippen molar-refractivity contribution in [2.75, 3.05) is 38.6 Å². The van der Waals surface area contributed by atoms with E-state index in [2.05, 4.69) is 15.5 Å². The predicted molar refractivity (Wildman–Crippen MR) is 108 cm³/mol. The molecule has 4 rings (SSSR count). The summed E-state index contributed by atoms with van der Waals surface area (Å²) in [5.74, 6) is 2.19. The number of nitrogens with zero attached hydrogens (tertiary/aromatic N) is 1. The van der Waals surface area contributed by atoms with E-state index in [9.17, 15) is 4.79 Å². The van der Waals surface area contributed by atoms with Gasteiger partial charge >= 0.3 is 6.03 Å². The average molecular weight is 372 g/mol. The number of anilines is 1. The molecule has 3 aliphatic rings. The highest BCUT2D eigenvalue weighted by Crippen LogP contribution is 2.48. The van der Waals surface area contributed by atoms with Crippen LogP contribution in [0.2, 0.25) is 0 Å². The molecular formula is C22H33N3O2. The molecule has 1 saturated heterocycles. The molecule has 0 aromatic heterocycles. The van der Waals surface area contributed by atoms with Crippen molar-refractivity contribution in [2.45, 2.75) is 44.9 Å². The number of carbonyl (C=O) groups is 1. The van der Waals surface area contributed by atoms with Gasteiger partial charge in [0.2, 0.25) is 0 Å². The summed E-state index contributed by atoms with van der Waals surface area (Å²) in [6.07, 6.45) is 9.55. The lowest BCUT2D eigenvalue weighted by Crippen LogP contribution is -2.41. The van der Waals surface area contributed by atoms with E-state index in [1.807, 2.05) is 24.3 Å². The number of nitrogens with one attached hydrogen (secondary N) is 2. The second kappa shape index (κ2) is 8.09. The molecule has 1 aromatic rings. The molecule has 1 heterocycles. The van der Waals surface area contributed by atoms with Gasteiger partial charge in [-0.15, -0.1) is 0 Å². The minimum atomic E-state index is -0.133. The summed E-state index contributed by atoms with van der Waals surface area (Å²) in [4.78, 5) is 15.2. The van der Waals surface area contributed by atoms with E-state index in [-0.39, 0.29) is 6.03 Å². The van der Waals surface area contributed by atoms with Crippen LogP contribution in [0, 0.1) is 17.3 Å². The molecule has 1 spiro atoms. The largest absolute Gasteiger partial charge is 0.495 e. The van der Waals surface area contributed by atoms with Crippen LogP contribution in [0.25, 0.3) is 0 Å². The number of amides is 2. The molecule has 2 aliphatic carbocycles. The van der Waals surface area contributed by atoms with Crippen molar-refractivity contribution in [1.29, 1.82) is 0 Å². The molecule has 0 radical (unpaired) electrons. The van der Waals surface area contributed by atoms with Gasteiger partial charge in [0.25, 0.3) is 0 Å². The maximum absolute atomic E-state index is 12.5. The number of urea groups is 1. The Bertz CT molecular complexity index is 653. The first-order valence-electron chi connectivity index (χ1n) is 10.6. The smallest absolute Gasteiger partial charge is 0.319 e. The van der Waals surface area contributed by atoms with Gasteiger partial charge in [0, 0.05) is 26.2 Å². The first-order chi connectivity index (χ1) is 13.2. The molecule has 27 heavy (non-hydrogen) atoms. The SMILES string of the molecule is COc1ccccc1NC(=O)NCC1CN(CC2CC2)CC12CCCCC2. The van der Waals surface area contributed by atoms with Gasteiger partial charge in [0.1, 0.15) is 5.75 Å². The number of likely N-dealkylation sites (tertiary alicyclic amines) is 1. The fraction of sp³-hybridized carbons (Fsp3) is 0.682. The third-order valence-corrected chi connectivity index (χ3v) is 6.81. The topological polar surface area (TPSA) is 53.6 Å². The quantitative estimate of drug-likeness (QED) is 0.791. The summed E-state index contributed by atoms with van der Waals surface area (Å²) in [5, 5.41) is 6.09. The molecule has 1 atom stereocenters. The summed E-state index contributed by atoms with van der Waals surface area (Å²) in [6, 6.07) is 7.41. The van der Waals surface area contributed by atoms with E-state index in [1.54, 1.807) is 7.11 Å². The van der Waals surface area contributed by atoms with Crippen LogP contribution in [0.15, 0.2) is 24.3 Å². The van der Waals surface area contributed by atoms with Gasteiger partial charge in [-0.05, 0) is 55.1 Å². The average Bonchev–Trinajstić information content (AvgIpc) is 3.44. The van der Waals surface area contributed by atoms with E-state index in [4.69, 9.17) is 4.74 Å². The van der Waals surface area contributed by atoms with Crippen LogP contribution in [-0.4, -0.2) is 44.2 Å². The summed E-state index contributed by atoms with van der Waals surface area (Å²) >= 11 is 0. The summed E-state index contributed by atoms with van der Waals surface area (Å²) in [7, 11) is 1.62. The minimum absolute atomic E-state index is 0.133. The number of hydrogen-bond acceptors (Lipinski definition) is 3. The molecule has 148 valence electrons. The number of rotatable bonds is 6. The van der Waals surface area contributed by atoms with Gasteiger partial charge in [-0.25, -0.2) is 4.79 Å². The van der Waals surface area contributed by atoms with Crippen molar-refractivity contribution in [3.8, 4) is 5.75 Å². The molecular weight excluding hydrogens is 338 g/mol. The second-order valence-electron chi connectivity index (χ2n) is 8.79. The van der Waals surface area contributed by atoms with Crippen LogP contribution in [-0.2, 0) is 0 Å². The Balaban J connectivity index is 1.35. The maximum Gasteiger partial charge on any atom is 0.319 e. The Kier molecular flexibility index (Phi) is 5.58. The van der Waals surface area contributed by atoms with Crippen LogP contribution in [0.4, 0.5) is 10.5 Å². The van der Waals surface area contributed by atoms with Gasteiger partial charge in [0.05, 0.1) is 12.8 Å². The van der Waals surface area contributed by atoms with Crippen molar-refractivity contribution >= 4 is 11.7 Å². The summed E-state index contributed by atoms with van der Waals surface area (Å²) in [6.45, 7) is 4.42. The van der Waals surface area contributed by atoms with Gasteiger partial charge < -0.3 is 20.3 Å². The van der Waals surface area contributed by atoms with Gasteiger partial charge in [-0.2, -0.15) is 0 Å². The normalized spacial score (nSPS) is 24.7. The van der Waals surface area contributed by atoms with Crippen LogP contribution >= 0.6 is 0 Å². The highest BCUT2D eigenvalue weighted by atomic mass is 16.5.